The van der Waals surface area contributed by atoms with Crippen LogP contribution in [0.5, 0.6) is 0 Å². The Kier molecular flexibility index (Phi) is 5.09. The normalized spacial score (nSPS) is 18.7. The molecule has 1 aliphatic rings. The van der Waals surface area contributed by atoms with Gasteiger partial charge in [-0.05, 0) is 27.9 Å². The molecule has 3 nitrogen and oxygen atoms in total. The third-order valence-electron chi connectivity index (χ3n) is 3.01. The number of thioether (sulfide) groups is 1. The molecule has 1 heterocycles. The third-order valence-corrected chi connectivity index (χ3v) is 4.96. The van der Waals surface area contributed by atoms with E-state index >= 15 is 0 Å². The maximum absolute atomic E-state index is 13.6. The van der Waals surface area contributed by atoms with Crippen molar-refractivity contribution in [2.75, 3.05) is 17.2 Å². The predicted octanol–water partition coefficient (Wildman–Crippen LogP) is 3.87. The highest BCUT2D eigenvalue weighted by Crippen LogP contribution is 2.35. The Bertz CT molecular complexity index is 570. The van der Waals surface area contributed by atoms with Gasteiger partial charge in [-0.2, -0.15) is 0 Å². The van der Waals surface area contributed by atoms with Gasteiger partial charge < -0.3 is 4.90 Å². The maximum atomic E-state index is 13.6. The van der Waals surface area contributed by atoms with Crippen LogP contribution in [0.4, 0.5) is 10.1 Å². The van der Waals surface area contributed by atoms with Gasteiger partial charge in [0, 0.05) is 31.7 Å². The number of benzene rings is 1. The van der Waals surface area contributed by atoms with Crippen molar-refractivity contribution in [3.05, 3.63) is 27.4 Å². The van der Waals surface area contributed by atoms with E-state index in [4.69, 9.17) is 11.6 Å². The zero-order valence-electron chi connectivity index (χ0n) is 10.7. The van der Waals surface area contributed by atoms with Crippen molar-refractivity contribution in [2.45, 2.75) is 13.3 Å². The minimum atomic E-state index is -0.459. The molecule has 1 aromatic rings. The Labute approximate surface area is 134 Å². The lowest BCUT2D eigenvalue weighted by molar-refractivity contribution is -0.117. The number of anilines is 1. The molecule has 0 N–H and O–H groups in total. The van der Waals surface area contributed by atoms with E-state index in [0.29, 0.717) is 29.4 Å². The summed E-state index contributed by atoms with van der Waals surface area (Å²) in [6.45, 7) is 1.96. The van der Waals surface area contributed by atoms with Gasteiger partial charge in [0.15, 0.2) is 5.12 Å². The van der Waals surface area contributed by atoms with Crippen LogP contribution in [0.15, 0.2) is 16.6 Å². The first-order valence-corrected chi connectivity index (χ1v) is 8.12. The molecule has 1 unspecified atom stereocenters. The van der Waals surface area contributed by atoms with E-state index in [1.165, 1.54) is 35.7 Å². The zero-order chi connectivity index (χ0) is 14.9. The first-order valence-electron chi connectivity index (χ1n) is 5.96. The van der Waals surface area contributed by atoms with E-state index in [1.54, 1.807) is 0 Å². The molecular weight excluding hydrogens is 369 g/mol. The standard InChI is InChI=1S/C13H12BrClFNO2S/c1-7(18)20-6-8-2-13(19)17(5-8)12-4-11(16)9(14)3-10(12)15/h3-4,8H,2,5-6H2,1H3. The smallest absolute Gasteiger partial charge is 0.227 e. The van der Waals surface area contributed by atoms with Gasteiger partial charge in [0.05, 0.1) is 15.2 Å². The van der Waals surface area contributed by atoms with E-state index in [2.05, 4.69) is 15.9 Å². The van der Waals surface area contributed by atoms with Crippen LogP contribution in [0, 0.1) is 11.7 Å². The fourth-order valence-electron chi connectivity index (χ4n) is 2.08. The van der Waals surface area contributed by atoms with Crippen LogP contribution in [0.1, 0.15) is 13.3 Å². The van der Waals surface area contributed by atoms with E-state index < -0.39 is 5.82 Å². The highest BCUT2D eigenvalue weighted by Gasteiger charge is 2.32. The second-order valence-corrected chi connectivity index (χ2v) is 7.05. The molecule has 0 aromatic heterocycles. The minimum absolute atomic E-state index is 0.0311. The van der Waals surface area contributed by atoms with Gasteiger partial charge in [0.1, 0.15) is 5.82 Å². The summed E-state index contributed by atoms with van der Waals surface area (Å²) < 4.78 is 13.9. The lowest BCUT2D eigenvalue weighted by atomic mass is 10.1. The van der Waals surface area contributed by atoms with Gasteiger partial charge in [0.25, 0.3) is 0 Å². The van der Waals surface area contributed by atoms with Crippen LogP contribution in [-0.2, 0) is 9.59 Å². The molecule has 1 aromatic carbocycles. The molecule has 0 aliphatic carbocycles. The van der Waals surface area contributed by atoms with Crippen molar-refractivity contribution in [3.8, 4) is 0 Å². The summed E-state index contributed by atoms with van der Waals surface area (Å²) in [5.74, 6) is 0.120. The molecule has 0 spiro atoms. The van der Waals surface area contributed by atoms with Crippen molar-refractivity contribution >= 4 is 56.0 Å². The molecule has 0 bridgehead atoms. The summed E-state index contributed by atoms with van der Waals surface area (Å²) in [7, 11) is 0. The van der Waals surface area contributed by atoms with E-state index in [-0.39, 0.29) is 21.4 Å². The highest BCUT2D eigenvalue weighted by atomic mass is 79.9. The number of halogens is 3. The fourth-order valence-corrected chi connectivity index (χ4v) is 3.51. The molecule has 1 saturated heterocycles. The molecular formula is C13H12BrClFNO2S. The summed E-state index contributed by atoms with van der Waals surface area (Å²) in [5.41, 5.74) is 0.382. The number of carbonyl (C=O) groups excluding carboxylic acids is 2. The molecule has 1 atom stereocenters. The first-order chi connectivity index (χ1) is 9.38. The van der Waals surface area contributed by atoms with Crippen LogP contribution < -0.4 is 4.90 Å². The predicted molar refractivity (Wildman–Crippen MR) is 82.7 cm³/mol. The number of rotatable bonds is 3. The van der Waals surface area contributed by atoms with E-state index in [0.717, 1.165) is 0 Å². The van der Waals surface area contributed by atoms with Crippen LogP contribution in [-0.4, -0.2) is 23.3 Å². The Balaban J connectivity index is 2.16. The quantitative estimate of drug-likeness (QED) is 0.747. The maximum Gasteiger partial charge on any atom is 0.227 e. The Morgan fingerprint density at radius 1 is 1.60 bits per heavy atom. The number of hydrogen-bond donors (Lipinski definition) is 0. The van der Waals surface area contributed by atoms with Gasteiger partial charge >= 0.3 is 0 Å². The first kappa shape index (κ1) is 15.8. The number of hydrogen-bond acceptors (Lipinski definition) is 3. The summed E-state index contributed by atoms with van der Waals surface area (Å²) in [6, 6.07) is 2.70. The lowest BCUT2D eigenvalue weighted by Crippen LogP contribution is -2.25. The van der Waals surface area contributed by atoms with Crippen LogP contribution in [0.3, 0.4) is 0 Å². The van der Waals surface area contributed by atoms with Crippen LogP contribution >= 0.6 is 39.3 Å². The second-order valence-electron chi connectivity index (χ2n) is 4.59. The molecule has 1 fully saturated rings. The topological polar surface area (TPSA) is 37.4 Å². The largest absolute Gasteiger partial charge is 0.311 e. The molecule has 0 radical (unpaired) electrons. The number of nitrogens with zero attached hydrogens (tertiary/aromatic N) is 1. The van der Waals surface area contributed by atoms with Gasteiger partial charge in [-0.25, -0.2) is 4.39 Å². The Morgan fingerprint density at radius 3 is 2.95 bits per heavy atom. The van der Waals surface area contributed by atoms with Crippen molar-refractivity contribution < 1.29 is 14.0 Å². The van der Waals surface area contributed by atoms with E-state index in [9.17, 15) is 14.0 Å². The molecule has 7 heteroatoms. The SMILES string of the molecule is CC(=O)SCC1CC(=O)N(c2cc(F)c(Br)cc2Cl)C1. The molecule has 1 amide bonds. The van der Waals surface area contributed by atoms with Crippen molar-refractivity contribution in [3.63, 3.8) is 0 Å². The van der Waals surface area contributed by atoms with E-state index in [1.807, 2.05) is 0 Å². The van der Waals surface area contributed by atoms with Gasteiger partial charge in [-0.1, -0.05) is 23.4 Å². The van der Waals surface area contributed by atoms with Gasteiger partial charge in [0.2, 0.25) is 5.91 Å². The monoisotopic (exact) mass is 379 g/mol. The van der Waals surface area contributed by atoms with Gasteiger partial charge in [-0.15, -0.1) is 0 Å². The highest BCUT2D eigenvalue weighted by molar-refractivity contribution is 9.10. The lowest BCUT2D eigenvalue weighted by Gasteiger charge is -2.18. The molecule has 20 heavy (non-hydrogen) atoms. The summed E-state index contributed by atoms with van der Waals surface area (Å²) in [4.78, 5) is 24.5. The van der Waals surface area contributed by atoms with Crippen molar-refractivity contribution in [1.82, 2.24) is 0 Å². The summed E-state index contributed by atoms with van der Waals surface area (Å²) in [5, 5.41) is 0.357. The Hall–Kier alpha value is -0.590. The fraction of sp³-hybridized carbons (Fsp3) is 0.385. The minimum Gasteiger partial charge on any atom is -0.311 e. The summed E-state index contributed by atoms with van der Waals surface area (Å²) >= 11 is 10.3. The average molecular weight is 381 g/mol. The van der Waals surface area contributed by atoms with Crippen molar-refractivity contribution in [1.29, 1.82) is 0 Å². The average Bonchev–Trinajstić information content (AvgIpc) is 2.72. The number of carbonyl (C=O) groups is 2. The summed E-state index contributed by atoms with van der Waals surface area (Å²) in [6.07, 6.45) is 0.355. The molecule has 0 saturated carbocycles. The zero-order valence-corrected chi connectivity index (χ0v) is 13.8. The molecule has 108 valence electrons. The van der Waals surface area contributed by atoms with Crippen LogP contribution in [0.2, 0.25) is 5.02 Å². The third kappa shape index (κ3) is 3.54. The second kappa shape index (κ2) is 6.45. The Morgan fingerprint density at radius 2 is 2.30 bits per heavy atom. The van der Waals surface area contributed by atoms with Crippen LogP contribution in [0.25, 0.3) is 0 Å². The molecule has 1 aliphatic heterocycles. The van der Waals surface area contributed by atoms with Crippen molar-refractivity contribution in [2.24, 2.45) is 5.92 Å². The van der Waals surface area contributed by atoms with Gasteiger partial charge in [-0.3, -0.25) is 9.59 Å². The molecule has 2 rings (SSSR count). The number of amides is 1.